The maximum Gasteiger partial charge on any atom is 0.315 e. The molecule has 7 unspecified atom stereocenters. The Labute approximate surface area is 216 Å². The molecule has 3 N–H and O–H groups in total. The number of benzene rings is 1. The first-order valence-corrected chi connectivity index (χ1v) is 13.7. The fourth-order valence-corrected chi connectivity index (χ4v) is 7.66. The quantitative estimate of drug-likeness (QED) is 0.454. The number of ether oxygens (including phenoxy) is 3. The van der Waals surface area contributed by atoms with Crippen LogP contribution in [-0.2, 0) is 14.4 Å². The molecule has 13 heteroatoms. The fourth-order valence-electron chi connectivity index (χ4n) is 5.61. The van der Waals surface area contributed by atoms with Crippen molar-refractivity contribution in [1.29, 1.82) is 0 Å². The molecule has 2 amide bonds. The Morgan fingerprint density at radius 3 is 2.44 bits per heavy atom. The largest absolute Gasteiger partial charge is 0.493 e. The summed E-state index contributed by atoms with van der Waals surface area (Å²) >= 11 is 2.32. The molecule has 0 bridgehead atoms. The highest BCUT2D eigenvalue weighted by Crippen LogP contribution is 2.61. The molecular weight excluding hydrogens is 512 g/mol. The van der Waals surface area contributed by atoms with Crippen LogP contribution < -0.4 is 14.2 Å². The van der Waals surface area contributed by atoms with Gasteiger partial charge in [-0.05, 0) is 24.6 Å². The second-order valence-electron chi connectivity index (χ2n) is 9.10. The van der Waals surface area contributed by atoms with E-state index in [1.807, 2.05) is 0 Å². The molecular formula is C23H28N2O9S2. The Bertz CT molecular complexity index is 1150. The van der Waals surface area contributed by atoms with Crippen LogP contribution in [0.25, 0.3) is 0 Å². The van der Waals surface area contributed by atoms with E-state index in [1.54, 1.807) is 24.6 Å². The second-order valence-corrected chi connectivity index (χ2v) is 11.1. The van der Waals surface area contributed by atoms with Crippen LogP contribution in [-0.4, -0.2) is 105 Å². The molecule has 11 nitrogen and oxygen atoms in total. The zero-order chi connectivity index (χ0) is 26.2. The van der Waals surface area contributed by atoms with E-state index in [1.165, 1.54) is 50.1 Å². The summed E-state index contributed by atoms with van der Waals surface area (Å²) in [5.41, 5.74) is -3.22. The van der Waals surface area contributed by atoms with Gasteiger partial charge in [-0.3, -0.25) is 19.3 Å². The number of likely N-dealkylation sites (N-methyl/N-ethyl adjacent to an activating group) is 1. The minimum absolute atomic E-state index is 0.269. The molecule has 7 atom stereocenters. The molecule has 0 saturated carbocycles. The minimum Gasteiger partial charge on any atom is -0.493 e. The van der Waals surface area contributed by atoms with E-state index in [0.29, 0.717) is 11.3 Å². The number of fused-ring (bicyclic) bond motifs is 3. The number of aliphatic hydroxyl groups excluding tert-OH is 2. The van der Waals surface area contributed by atoms with Crippen molar-refractivity contribution in [3.05, 3.63) is 29.8 Å². The highest BCUT2D eigenvalue weighted by molar-refractivity contribution is 8.00. The zero-order valence-corrected chi connectivity index (χ0v) is 22.0. The zero-order valence-electron chi connectivity index (χ0n) is 20.3. The topological polar surface area (TPSA) is 138 Å². The van der Waals surface area contributed by atoms with Gasteiger partial charge in [0, 0.05) is 19.0 Å². The number of hydrogen-bond acceptors (Lipinski definition) is 11. The summed E-state index contributed by atoms with van der Waals surface area (Å²) in [6, 6.07) is 3.46. The lowest BCUT2D eigenvalue weighted by molar-refractivity contribution is -0.338. The number of thioether (sulfide) groups is 2. The van der Waals surface area contributed by atoms with Crippen molar-refractivity contribution in [3.8, 4) is 17.2 Å². The van der Waals surface area contributed by atoms with Crippen LogP contribution in [0.5, 0.6) is 17.2 Å². The highest BCUT2D eigenvalue weighted by atomic mass is 32.2. The van der Waals surface area contributed by atoms with E-state index in [2.05, 4.69) is 0 Å². The molecule has 36 heavy (non-hydrogen) atoms. The molecule has 1 aliphatic carbocycles. The predicted molar refractivity (Wildman–Crippen MR) is 131 cm³/mol. The molecule has 5 rings (SSSR count). The number of hydrogen-bond donors (Lipinski definition) is 3. The Hall–Kier alpha value is -2.16. The van der Waals surface area contributed by atoms with Gasteiger partial charge in [0.25, 0.3) is 11.6 Å². The lowest BCUT2D eigenvalue weighted by Gasteiger charge is -2.60. The third-order valence-corrected chi connectivity index (χ3v) is 9.71. The molecule has 1 aromatic rings. The van der Waals surface area contributed by atoms with Gasteiger partial charge in [0.05, 0.1) is 14.2 Å². The normalized spacial score (nSPS) is 39.0. The van der Waals surface area contributed by atoms with Crippen LogP contribution in [0.1, 0.15) is 17.2 Å². The first-order chi connectivity index (χ1) is 17.1. The Kier molecular flexibility index (Phi) is 5.97. The standard InChI is InChI=1S/C23H28N2O9S2/c1-24-19(28)22(36-5)10-21(30)14(27)9-7-12(26)17(21)34-25(22)20(29)23(24)18(35-4)11-6-8-13(31-2)16(32-3)15(11)33-23/h6-9,12,14,17-18,26-27,30H,10H2,1-5H3. The lowest BCUT2D eigenvalue weighted by atomic mass is 9.75. The van der Waals surface area contributed by atoms with E-state index in [-0.39, 0.29) is 17.9 Å². The van der Waals surface area contributed by atoms with Crippen molar-refractivity contribution in [2.75, 3.05) is 33.8 Å². The molecule has 1 aromatic carbocycles. The number of piperazine rings is 1. The summed E-state index contributed by atoms with van der Waals surface area (Å²) in [5.74, 6) is -0.296. The van der Waals surface area contributed by atoms with Crippen LogP contribution in [0.2, 0.25) is 0 Å². The number of methoxy groups -OCH3 is 2. The summed E-state index contributed by atoms with van der Waals surface area (Å²) in [6.07, 6.45) is 1.47. The van der Waals surface area contributed by atoms with Crippen molar-refractivity contribution in [2.45, 2.75) is 46.2 Å². The number of carbonyl (C=O) groups excluding carboxylic acids is 2. The summed E-state index contributed by atoms with van der Waals surface area (Å²) in [7, 11) is 4.40. The number of rotatable bonds is 4. The molecule has 196 valence electrons. The molecule has 2 saturated heterocycles. The summed E-state index contributed by atoms with van der Waals surface area (Å²) in [5, 5.41) is 32.8. The van der Waals surface area contributed by atoms with Gasteiger partial charge in [-0.2, -0.15) is 16.8 Å². The van der Waals surface area contributed by atoms with Crippen molar-refractivity contribution in [1.82, 2.24) is 9.96 Å². The molecule has 0 radical (unpaired) electrons. The molecule has 1 spiro atoms. The van der Waals surface area contributed by atoms with E-state index < -0.39 is 51.6 Å². The summed E-state index contributed by atoms with van der Waals surface area (Å²) < 4.78 is 17.3. The number of aliphatic hydroxyl groups is 3. The van der Waals surface area contributed by atoms with Crippen LogP contribution >= 0.6 is 23.5 Å². The van der Waals surface area contributed by atoms with Gasteiger partial charge in [0.15, 0.2) is 16.4 Å². The van der Waals surface area contributed by atoms with Gasteiger partial charge >= 0.3 is 5.91 Å². The van der Waals surface area contributed by atoms with Gasteiger partial charge in [-0.25, -0.2) is 0 Å². The third-order valence-electron chi connectivity index (χ3n) is 7.50. The Morgan fingerprint density at radius 2 is 1.83 bits per heavy atom. The van der Waals surface area contributed by atoms with Gasteiger partial charge < -0.3 is 29.5 Å². The molecule has 4 aliphatic rings. The van der Waals surface area contributed by atoms with Crippen LogP contribution in [0.15, 0.2) is 24.3 Å². The summed E-state index contributed by atoms with van der Waals surface area (Å²) in [6.45, 7) is 0. The maximum absolute atomic E-state index is 14.4. The third kappa shape index (κ3) is 2.92. The SMILES string of the molecule is COc1ccc2c(c1OC)OC1(C(=O)N3OC4C(O)C=CC(O)C4(O)CC3(SC)C(=O)N1C)C2SC. The van der Waals surface area contributed by atoms with Crippen molar-refractivity contribution in [2.24, 2.45) is 0 Å². The van der Waals surface area contributed by atoms with Crippen molar-refractivity contribution in [3.63, 3.8) is 0 Å². The van der Waals surface area contributed by atoms with Gasteiger partial charge in [-0.1, -0.05) is 12.2 Å². The Balaban J connectivity index is 1.66. The number of nitrogens with zero attached hydrogens (tertiary/aromatic N) is 2. The first kappa shape index (κ1) is 25.5. The van der Waals surface area contributed by atoms with Crippen LogP contribution in [0.4, 0.5) is 0 Å². The molecule has 3 aliphatic heterocycles. The Morgan fingerprint density at radius 1 is 1.11 bits per heavy atom. The van der Waals surface area contributed by atoms with Crippen molar-refractivity contribution >= 4 is 35.3 Å². The summed E-state index contributed by atoms with van der Waals surface area (Å²) in [4.78, 5) is 34.0. The average Bonchev–Trinajstić information content (AvgIpc) is 3.22. The second kappa shape index (κ2) is 8.43. The predicted octanol–water partition coefficient (Wildman–Crippen LogP) is 0.283. The maximum atomic E-state index is 14.4. The fraction of sp³-hybridized carbons (Fsp3) is 0.565. The first-order valence-electron chi connectivity index (χ1n) is 11.2. The van der Waals surface area contributed by atoms with E-state index >= 15 is 0 Å². The lowest BCUT2D eigenvalue weighted by Crippen LogP contribution is -2.82. The monoisotopic (exact) mass is 540 g/mol. The minimum atomic E-state index is -2.01. The number of amides is 2. The van der Waals surface area contributed by atoms with Crippen molar-refractivity contribution < 1.29 is 44.0 Å². The average molecular weight is 541 g/mol. The van der Waals surface area contributed by atoms with Gasteiger partial charge in [0.2, 0.25) is 5.75 Å². The van der Waals surface area contributed by atoms with E-state index in [4.69, 9.17) is 19.0 Å². The highest BCUT2D eigenvalue weighted by Gasteiger charge is 2.74. The number of carbonyl (C=O) groups is 2. The number of hydroxylamine groups is 2. The molecule has 2 fully saturated rings. The van der Waals surface area contributed by atoms with Gasteiger partial charge in [0.1, 0.15) is 29.2 Å². The van der Waals surface area contributed by atoms with Crippen LogP contribution in [0.3, 0.4) is 0 Å². The molecule has 0 aromatic heterocycles. The van der Waals surface area contributed by atoms with E-state index in [0.717, 1.165) is 16.8 Å². The smallest absolute Gasteiger partial charge is 0.315 e. The van der Waals surface area contributed by atoms with E-state index in [9.17, 15) is 24.9 Å². The van der Waals surface area contributed by atoms with Crippen LogP contribution in [0, 0.1) is 0 Å². The van der Waals surface area contributed by atoms with Gasteiger partial charge in [-0.15, -0.1) is 11.8 Å². The molecule has 3 heterocycles.